The van der Waals surface area contributed by atoms with Gasteiger partial charge in [-0.2, -0.15) is 0 Å². The van der Waals surface area contributed by atoms with Gasteiger partial charge in [-0.3, -0.25) is 0 Å². The third kappa shape index (κ3) is 2.17. The predicted molar refractivity (Wildman–Crippen MR) is 84.8 cm³/mol. The third-order valence-electron chi connectivity index (χ3n) is 3.19. The highest BCUT2D eigenvalue weighted by Crippen LogP contribution is 2.27. The number of imidazole rings is 1. The lowest BCUT2D eigenvalue weighted by atomic mass is 10.2. The number of nitrogen functional groups attached to an aromatic ring is 1. The first-order valence-corrected chi connectivity index (χ1v) is 6.69. The number of rotatable bonds is 3. The summed E-state index contributed by atoms with van der Waals surface area (Å²) in [5, 5.41) is 0.685. The number of hydrogen-bond donors (Lipinski definition) is 1. The molecule has 0 aliphatic rings. The second-order valence-electron chi connectivity index (χ2n) is 4.59. The van der Waals surface area contributed by atoms with Gasteiger partial charge in [-0.1, -0.05) is 17.7 Å². The van der Waals surface area contributed by atoms with E-state index >= 15 is 0 Å². The number of halogens is 1. The number of aromatic nitrogens is 2. The van der Waals surface area contributed by atoms with E-state index < -0.39 is 0 Å². The van der Waals surface area contributed by atoms with Gasteiger partial charge in [0.2, 0.25) is 0 Å². The molecule has 1 heterocycles. The van der Waals surface area contributed by atoms with Crippen molar-refractivity contribution in [3.8, 4) is 11.4 Å². The van der Waals surface area contributed by atoms with Crippen LogP contribution in [0.2, 0.25) is 5.02 Å². The molecule has 0 unspecified atom stereocenters. The van der Waals surface area contributed by atoms with Gasteiger partial charge in [-0.15, -0.1) is 6.58 Å². The summed E-state index contributed by atoms with van der Waals surface area (Å²) in [4.78, 5) is 4.68. The van der Waals surface area contributed by atoms with E-state index in [1.807, 2.05) is 48.5 Å². The second kappa shape index (κ2) is 5.02. The number of anilines is 1. The van der Waals surface area contributed by atoms with Gasteiger partial charge in [-0.25, -0.2) is 4.98 Å². The van der Waals surface area contributed by atoms with Crippen molar-refractivity contribution >= 4 is 28.3 Å². The van der Waals surface area contributed by atoms with Crippen LogP contribution in [0.25, 0.3) is 22.4 Å². The van der Waals surface area contributed by atoms with E-state index in [-0.39, 0.29) is 0 Å². The van der Waals surface area contributed by atoms with Crippen LogP contribution in [0.15, 0.2) is 55.1 Å². The van der Waals surface area contributed by atoms with Crippen LogP contribution in [0, 0.1) is 0 Å². The molecule has 4 heteroatoms. The van der Waals surface area contributed by atoms with Gasteiger partial charge in [0, 0.05) is 22.8 Å². The van der Waals surface area contributed by atoms with E-state index in [1.165, 1.54) is 0 Å². The minimum Gasteiger partial charge on any atom is -0.399 e. The van der Waals surface area contributed by atoms with Gasteiger partial charge in [0.05, 0.1) is 11.0 Å². The highest BCUT2D eigenvalue weighted by molar-refractivity contribution is 6.31. The van der Waals surface area contributed by atoms with Crippen molar-refractivity contribution in [1.29, 1.82) is 0 Å². The first-order chi connectivity index (χ1) is 9.69. The van der Waals surface area contributed by atoms with Crippen molar-refractivity contribution in [3.05, 3.63) is 60.1 Å². The quantitative estimate of drug-likeness (QED) is 0.580. The van der Waals surface area contributed by atoms with Crippen LogP contribution in [0.1, 0.15) is 0 Å². The number of fused-ring (bicyclic) bond motifs is 1. The second-order valence-corrected chi connectivity index (χ2v) is 5.03. The van der Waals surface area contributed by atoms with Gasteiger partial charge in [-0.05, 0) is 42.5 Å². The van der Waals surface area contributed by atoms with Crippen molar-refractivity contribution < 1.29 is 0 Å². The minimum atomic E-state index is 0.685. The Morgan fingerprint density at radius 1 is 1.20 bits per heavy atom. The van der Waals surface area contributed by atoms with Crippen LogP contribution in [0.5, 0.6) is 0 Å². The van der Waals surface area contributed by atoms with Crippen molar-refractivity contribution in [1.82, 2.24) is 9.55 Å². The van der Waals surface area contributed by atoms with Crippen LogP contribution < -0.4 is 5.73 Å². The first kappa shape index (κ1) is 12.8. The molecule has 20 heavy (non-hydrogen) atoms. The molecule has 3 nitrogen and oxygen atoms in total. The maximum Gasteiger partial charge on any atom is 0.141 e. The van der Waals surface area contributed by atoms with Gasteiger partial charge in [0.1, 0.15) is 5.82 Å². The lowest BCUT2D eigenvalue weighted by Crippen LogP contribution is -1.98. The van der Waals surface area contributed by atoms with Crippen LogP contribution in [0.4, 0.5) is 5.69 Å². The average Bonchev–Trinajstić information content (AvgIpc) is 2.78. The molecule has 3 rings (SSSR count). The number of nitrogens with two attached hydrogens (primary N) is 1. The van der Waals surface area contributed by atoms with Gasteiger partial charge in [0.15, 0.2) is 0 Å². The maximum atomic E-state index is 6.04. The zero-order valence-electron chi connectivity index (χ0n) is 10.9. The zero-order valence-corrected chi connectivity index (χ0v) is 11.6. The summed E-state index contributed by atoms with van der Waals surface area (Å²) in [6, 6.07) is 13.4. The highest BCUT2D eigenvalue weighted by atomic mass is 35.5. The molecule has 2 N–H and O–H groups in total. The zero-order chi connectivity index (χ0) is 14.1. The van der Waals surface area contributed by atoms with Crippen LogP contribution in [0.3, 0.4) is 0 Å². The first-order valence-electron chi connectivity index (χ1n) is 6.31. The van der Waals surface area contributed by atoms with Gasteiger partial charge >= 0.3 is 0 Å². The fraction of sp³-hybridized carbons (Fsp3) is 0.0625. The molecule has 0 bridgehead atoms. The normalized spacial score (nSPS) is 10.8. The molecule has 1 aromatic heterocycles. The van der Waals surface area contributed by atoms with E-state index in [2.05, 4.69) is 16.1 Å². The summed E-state index contributed by atoms with van der Waals surface area (Å²) in [6.07, 6.45) is 1.86. The highest BCUT2D eigenvalue weighted by Gasteiger charge is 2.11. The van der Waals surface area contributed by atoms with E-state index in [0.717, 1.165) is 28.1 Å². The Morgan fingerprint density at radius 2 is 1.95 bits per heavy atom. The molecule has 3 aromatic rings. The summed E-state index contributed by atoms with van der Waals surface area (Å²) in [5.41, 5.74) is 9.42. The lowest BCUT2D eigenvalue weighted by molar-refractivity contribution is 0.862. The standard InChI is InChI=1S/C16H14ClN3/c1-2-9-20-15-8-5-12(17)10-14(15)19-16(20)11-3-6-13(18)7-4-11/h2-8,10H,1,9,18H2. The molecule has 0 amide bonds. The Balaban J connectivity index is 2.25. The lowest BCUT2D eigenvalue weighted by Gasteiger charge is -2.06. The molecule has 0 saturated heterocycles. The molecule has 100 valence electrons. The number of benzene rings is 2. The molecule has 2 aromatic carbocycles. The van der Waals surface area contributed by atoms with Crippen molar-refractivity contribution in [3.63, 3.8) is 0 Å². The molecule has 0 radical (unpaired) electrons. The summed E-state index contributed by atoms with van der Waals surface area (Å²) < 4.78 is 2.12. The molecule has 0 spiro atoms. The van der Waals surface area contributed by atoms with Gasteiger partial charge in [0.25, 0.3) is 0 Å². The van der Waals surface area contributed by atoms with Crippen molar-refractivity contribution in [2.24, 2.45) is 0 Å². The molecule has 0 fully saturated rings. The van der Waals surface area contributed by atoms with Crippen LogP contribution in [-0.4, -0.2) is 9.55 Å². The summed E-state index contributed by atoms with van der Waals surface area (Å²) >= 11 is 6.04. The predicted octanol–water partition coefficient (Wildman–Crippen LogP) is 4.12. The van der Waals surface area contributed by atoms with E-state index in [4.69, 9.17) is 17.3 Å². The Kier molecular flexibility index (Phi) is 3.20. The molecule has 0 aliphatic carbocycles. The monoisotopic (exact) mass is 283 g/mol. The molecular weight excluding hydrogens is 270 g/mol. The van der Waals surface area contributed by atoms with E-state index in [1.54, 1.807) is 0 Å². The Morgan fingerprint density at radius 3 is 2.65 bits per heavy atom. The smallest absolute Gasteiger partial charge is 0.141 e. The Bertz CT molecular complexity index is 772. The van der Waals surface area contributed by atoms with Crippen LogP contribution >= 0.6 is 11.6 Å². The fourth-order valence-electron chi connectivity index (χ4n) is 2.27. The fourth-order valence-corrected chi connectivity index (χ4v) is 2.44. The summed E-state index contributed by atoms with van der Waals surface area (Å²) in [6.45, 7) is 4.51. The molecule has 0 aliphatic heterocycles. The summed E-state index contributed by atoms with van der Waals surface area (Å²) in [7, 11) is 0. The van der Waals surface area contributed by atoms with Gasteiger partial charge < -0.3 is 10.3 Å². The molecule has 0 atom stereocenters. The number of hydrogen-bond acceptors (Lipinski definition) is 2. The number of nitrogens with zero attached hydrogens (tertiary/aromatic N) is 2. The molecule has 0 saturated carbocycles. The summed E-state index contributed by atoms with van der Waals surface area (Å²) in [5.74, 6) is 0.891. The van der Waals surface area contributed by atoms with E-state index in [9.17, 15) is 0 Å². The average molecular weight is 284 g/mol. The topological polar surface area (TPSA) is 43.8 Å². The Labute approximate surface area is 122 Å². The maximum absolute atomic E-state index is 6.04. The van der Waals surface area contributed by atoms with E-state index in [0.29, 0.717) is 11.6 Å². The van der Waals surface area contributed by atoms with Crippen LogP contribution in [-0.2, 0) is 6.54 Å². The Hall–Kier alpha value is -2.26. The van der Waals surface area contributed by atoms with Crippen molar-refractivity contribution in [2.75, 3.05) is 5.73 Å². The SMILES string of the molecule is C=CCn1c(-c2ccc(N)cc2)nc2cc(Cl)ccc21. The number of allylic oxidation sites excluding steroid dienone is 1. The minimum absolute atomic E-state index is 0.685. The van der Waals surface area contributed by atoms with Crippen molar-refractivity contribution in [2.45, 2.75) is 6.54 Å². The third-order valence-corrected chi connectivity index (χ3v) is 3.43. The largest absolute Gasteiger partial charge is 0.399 e. The molecular formula is C16H14ClN3.